The van der Waals surface area contributed by atoms with Gasteiger partial charge in [-0.05, 0) is 45.3 Å². The first kappa shape index (κ1) is 18.1. The lowest BCUT2D eigenvalue weighted by atomic mass is 10.1. The van der Waals surface area contributed by atoms with Crippen molar-refractivity contribution in [2.24, 2.45) is 0 Å². The molecular formula is C17H26F2N2O2. The Hall–Kier alpha value is -1.24. The fourth-order valence-corrected chi connectivity index (χ4v) is 2.92. The quantitative estimate of drug-likeness (QED) is 0.720. The molecule has 1 aliphatic rings. The highest BCUT2D eigenvalue weighted by Crippen LogP contribution is 2.26. The van der Waals surface area contributed by atoms with Gasteiger partial charge >= 0.3 is 6.61 Å². The van der Waals surface area contributed by atoms with E-state index >= 15 is 0 Å². The second-order valence-corrected chi connectivity index (χ2v) is 6.02. The summed E-state index contributed by atoms with van der Waals surface area (Å²) >= 11 is 0. The van der Waals surface area contributed by atoms with Crippen LogP contribution < -0.4 is 10.1 Å². The van der Waals surface area contributed by atoms with Crippen LogP contribution in [0.15, 0.2) is 24.3 Å². The Morgan fingerprint density at radius 3 is 2.70 bits per heavy atom. The van der Waals surface area contributed by atoms with Gasteiger partial charge in [0.15, 0.2) is 0 Å². The smallest absolute Gasteiger partial charge is 0.387 e. The highest BCUT2D eigenvalue weighted by Gasteiger charge is 2.17. The van der Waals surface area contributed by atoms with E-state index in [4.69, 9.17) is 0 Å². The van der Waals surface area contributed by atoms with Crippen LogP contribution >= 0.6 is 0 Å². The van der Waals surface area contributed by atoms with Crippen molar-refractivity contribution in [3.8, 4) is 5.75 Å². The lowest BCUT2D eigenvalue weighted by Crippen LogP contribution is -2.37. The van der Waals surface area contributed by atoms with Gasteiger partial charge in [0, 0.05) is 24.7 Å². The molecule has 23 heavy (non-hydrogen) atoms. The average molecular weight is 328 g/mol. The maximum absolute atomic E-state index is 12.4. The molecule has 1 heterocycles. The number of rotatable bonds is 8. The van der Waals surface area contributed by atoms with Crippen molar-refractivity contribution in [2.75, 3.05) is 26.2 Å². The van der Waals surface area contributed by atoms with E-state index in [-0.39, 0.29) is 17.9 Å². The molecule has 4 nitrogen and oxygen atoms in total. The Bertz CT molecular complexity index is 466. The fraction of sp³-hybridized carbons (Fsp3) is 0.647. The van der Waals surface area contributed by atoms with Crippen LogP contribution in [0.4, 0.5) is 8.78 Å². The second-order valence-electron chi connectivity index (χ2n) is 6.02. The molecule has 2 N–H and O–H groups in total. The summed E-state index contributed by atoms with van der Waals surface area (Å²) in [7, 11) is 0. The summed E-state index contributed by atoms with van der Waals surface area (Å²) in [6, 6.07) is 6.84. The number of likely N-dealkylation sites (tertiary alicyclic amines) is 1. The molecule has 1 aliphatic heterocycles. The van der Waals surface area contributed by atoms with E-state index in [0.717, 1.165) is 51.0 Å². The number of nitrogens with one attached hydrogen (secondary N) is 1. The number of hydrogen-bond acceptors (Lipinski definition) is 4. The van der Waals surface area contributed by atoms with Crippen LogP contribution in [0.2, 0.25) is 0 Å². The third-order valence-corrected chi connectivity index (χ3v) is 4.26. The number of para-hydroxylation sites is 1. The zero-order valence-corrected chi connectivity index (χ0v) is 13.5. The topological polar surface area (TPSA) is 44.7 Å². The molecule has 0 radical (unpaired) electrons. The van der Waals surface area contributed by atoms with E-state index in [1.54, 1.807) is 18.2 Å². The summed E-state index contributed by atoms with van der Waals surface area (Å²) < 4.78 is 29.4. The van der Waals surface area contributed by atoms with Crippen molar-refractivity contribution in [3.05, 3.63) is 29.8 Å². The Balaban J connectivity index is 1.73. The zero-order chi connectivity index (χ0) is 16.7. The largest absolute Gasteiger partial charge is 0.434 e. The highest BCUT2D eigenvalue weighted by molar-refractivity contribution is 5.35. The average Bonchev–Trinajstić information content (AvgIpc) is 2.53. The van der Waals surface area contributed by atoms with E-state index in [2.05, 4.69) is 15.0 Å². The van der Waals surface area contributed by atoms with Crippen molar-refractivity contribution >= 4 is 0 Å². The molecule has 0 spiro atoms. The number of hydrogen-bond donors (Lipinski definition) is 2. The Morgan fingerprint density at radius 1 is 1.30 bits per heavy atom. The molecule has 0 saturated carbocycles. The lowest BCUT2D eigenvalue weighted by molar-refractivity contribution is -0.0506. The summed E-state index contributed by atoms with van der Waals surface area (Å²) in [6.45, 7) is 2.83. The minimum atomic E-state index is -2.81. The van der Waals surface area contributed by atoms with Gasteiger partial charge in [-0.25, -0.2) is 0 Å². The van der Waals surface area contributed by atoms with Crippen LogP contribution in [0.1, 0.15) is 37.8 Å². The SMILES string of the molecule is CC(NCCCN1CCC(O)CC1)c1ccccc1OC(F)F. The predicted molar refractivity (Wildman–Crippen MR) is 85.8 cm³/mol. The first-order valence-electron chi connectivity index (χ1n) is 8.24. The molecule has 1 saturated heterocycles. The maximum Gasteiger partial charge on any atom is 0.387 e. The summed E-state index contributed by atoms with van der Waals surface area (Å²) in [5.41, 5.74) is 0.744. The van der Waals surface area contributed by atoms with Crippen molar-refractivity contribution in [1.29, 1.82) is 0 Å². The minimum absolute atomic E-state index is 0.0480. The molecule has 1 unspecified atom stereocenters. The number of benzene rings is 1. The molecule has 6 heteroatoms. The normalized spacial score (nSPS) is 18.3. The van der Waals surface area contributed by atoms with Crippen molar-refractivity contribution in [1.82, 2.24) is 10.2 Å². The van der Waals surface area contributed by atoms with E-state index in [9.17, 15) is 13.9 Å². The monoisotopic (exact) mass is 328 g/mol. The van der Waals surface area contributed by atoms with Gasteiger partial charge < -0.3 is 20.1 Å². The molecule has 130 valence electrons. The molecule has 1 aromatic rings. The predicted octanol–water partition coefficient (Wildman–Crippen LogP) is 2.79. The van der Waals surface area contributed by atoms with Crippen molar-refractivity contribution in [3.63, 3.8) is 0 Å². The van der Waals surface area contributed by atoms with Crippen LogP contribution in [0.3, 0.4) is 0 Å². The highest BCUT2D eigenvalue weighted by atomic mass is 19.3. The summed E-state index contributed by atoms with van der Waals surface area (Å²) in [5, 5.41) is 12.8. The fourth-order valence-electron chi connectivity index (χ4n) is 2.92. The third kappa shape index (κ3) is 6.05. The number of ether oxygens (including phenoxy) is 1. The van der Waals surface area contributed by atoms with Gasteiger partial charge in [-0.2, -0.15) is 8.78 Å². The number of alkyl halides is 2. The maximum atomic E-state index is 12.4. The number of aliphatic hydroxyl groups excluding tert-OH is 1. The first-order valence-corrected chi connectivity index (χ1v) is 8.24. The molecule has 0 bridgehead atoms. The standard InChI is InChI=1S/C17H26F2N2O2/c1-13(15-5-2-3-6-16(15)23-17(18)19)20-9-4-10-21-11-7-14(22)8-12-21/h2-3,5-6,13-14,17,20,22H,4,7-12H2,1H3. The van der Waals surface area contributed by atoms with Crippen molar-refractivity contribution in [2.45, 2.75) is 44.9 Å². The van der Waals surface area contributed by atoms with Crippen LogP contribution in [-0.4, -0.2) is 48.9 Å². The Kier molecular flexibility index (Phi) is 7.20. The molecule has 2 rings (SSSR count). The van der Waals surface area contributed by atoms with Crippen LogP contribution in [0.25, 0.3) is 0 Å². The zero-order valence-electron chi connectivity index (χ0n) is 13.5. The Labute approximate surface area is 136 Å². The molecule has 1 aromatic carbocycles. The number of piperidine rings is 1. The minimum Gasteiger partial charge on any atom is -0.434 e. The van der Waals surface area contributed by atoms with E-state index < -0.39 is 6.61 Å². The van der Waals surface area contributed by atoms with Crippen LogP contribution in [-0.2, 0) is 0 Å². The van der Waals surface area contributed by atoms with Gasteiger partial charge in [0.2, 0.25) is 0 Å². The summed E-state index contributed by atoms with van der Waals surface area (Å²) in [4.78, 5) is 2.35. The van der Waals surface area contributed by atoms with E-state index in [1.807, 2.05) is 13.0 Å². The van der Waals surface area contributed by atoms with Gasteiger partial charge in [-0.15, -0.1) is 0 Å². The molecule has 1 atom stereocenters. The molecule has 0 aliphatic carbocycles. The summed E-state index contributed by atoms with van der Waals surface area (Å²) in [5.74, 6) is 0.229. The summed E-state index contributed by atoms with van der Waals surface area (Å²) in [6.07, 6.45) is 2.54. The van der Waals surface area contributed by atoms with Crippen LogP contribution in [0.5, 0.6) is 5.75 Å². The first-order chi connectivity index (χ1) is 11.1. The number of nitrogens with zero attached hydrogens (tertiary/aromatic N) is 1. The van der Waals surface area contributed by atoms with Gasteiger partial charge in [0.25, 0.3) is 0 Å². The molecule has 0 amide bonds. The number of halogens is 2. The third-order valence-electron chi connectivity index (χ3n) is 4.26. The van der Waals surface area contributed by atoms with Crippen molar-refractivity contribution < 1.29 is 18.6 Å². The van der Waals surface area contributed by atoms with Gasteiger partial charge in [-0.3, -0.25) is 0 Å². The Morgan fingerprint density at radius 2 is 2.00 bits per heavy atom. The molecular weight excluding hydrogens is 302 g/mol. The van der Waals surface area contributed by atoms with Gasteiger partial charge in [0.1, 0.15) is 5.75 Å². The number of aliphatic hydroxyl groups is 1. The lowest BCUT2D eigenvalue weighted by Gasteiger charge is -2.29. The van der Waals surface area contributed by atoms with E-state index in [0.29, 0.717) is 0 Å². The van der Waals surface area contributed by atoms with Gasteiger partial charge in [-0.1, -0.05) is 18.2 Å². The van der Waals surface area contributed by atoms with Crippen LogP contribution in [0, 0.1) is 0 Å². The second kappa shape index (κ2) is 9.15. The molecule has 1 fully saturated rings. The van der Waals surface area contributed by atoms with E-state index in [1.165, 1.54) is 0 Å². The van der Waals surface area contributed by atoms with Gasteiger partial charge in [0.05, 0.1) is 6.10 Å². The molecule has 0 aromatic heterocycles.